The topological polar surface area (TPSA) is 84.3 Å². The summed E-state index contributed by atoms with van der Waals surface area (Å²) in [5, 5.41) is 7.19. The Morgan fingerprint density at radius 3 is 2.38 bits per heavy atom. The van der Waals surface area contributed by atoms with E-state index in [1.807, 2.05) is 13.1 Å². The number of imide groups is 1. The van der Waals surface area contributed by atoms with Gasteiger partial charge in [-0.1, -0.05) is 18.2 Å². The second-order valence-corrected chi connectivity index (χ2v) is 7.36. The zero-order chi connectivity index (χ0) is 20.5. The number of nitrogens with zero attached hydrogens (tertiary/aromatic N) is 3. The zero-order valence-electron chi connectivity index (χ0n) is 15.6. The van der Waals surface area contributed by atoms with E-state index in [0.29, 0.717) is 22.4 Å². The molecule has 1 aliphatic rings. The van der Waals surface area contributed by atoms with Gasteiger partial charge in [-0.05, 0) is 53.2 Å². The summed E-state index contributed by atoms with van der Waals surface area (Å²) in [7, 11) is 0. The molecule has 1 aromatic heterocycles. The molecule has 1 N–H and O–H groups in total. The number of halogens is 1. The molecule has 2 aromatic carbocycles. The Labute approximate surface area is 175 Å². The van der Waals surface area contributed by atoms with Crippen LogP contribution in [0, 0.1) is 0 Å². The molecular formula is C21H17BrN4O3. The van der Waals surface area contributed by atoms with Crippen LogP contribution in [0.2, 0.25) is 0 Å². The SMILES string of the molecule is CCn1cc(Br)c(CNC(=O)c2cccc(N3C(=O)c4ccccc4C3=O)c2)n1. The van der Waals surface area contributed by atoms with E-state index in [1.165, 1.54) is 6.07 Å². The van der Waals surface area contributed by atoms with Crippen LogP contribution in [0.1, 0.15) is 43.7 Å². The maximum atomic E-state index is 12.7. The number of aryl methyl sites for hydroxylation is 1. The fraction of sp³-hybridized carbons (Fsp3) is 0.143. The highest BCUT2D eigenvalue weighted by atomic mass is 79.9. The van der Waals surface area contributed by atoms with Crippen LogP contribution in [-0.4, -0.2) is 27.5 Å². The maximum absolute atomic E-state index is 12.7. The highest BCUT2D eigenvalue weighted by Gasteiger charge is 2.36. The van der Waals surface area contributed by atoms with Gasteiger partial charge < -0.3 is 5.32 Å². The van der Waals surface area contributed by atoms with Crippen LogP contribution in [0.4, 0.5) is 5.69 Å². The van der Waals surface area contributed by atoms with Crippen LogP contribution in [0.5, 0.6) is 0 Å². The van der Waals surface area contributed by atoms with Crippen molar-refractivity contribution in [2.45, 2.75) is 20.0 Å². The Bertz CT molecular complexity index is 1100. The molecule has 0 fully saturated rings. The Morgan fingerprint density at radius 1 is 1.07 bits per heavy atom. The molecule has 0 radical (unpaired) electrons. The first-order valence-electron chi connectivity index (χ1n) is 9.07. The molecule has 7 nitrogen and oxygen atoms in total. The normalized spacial score (nSPS) is 13.0. The van der Waals surface area contributed by atoms with Crippen LogP contribution in [0.25, 0.3) is 0 Å². The van der Waals surface area contributed by atoms with Crippen molar-refractivity contribution >= 4 is 39.3 Å². The zero-order valence-corrected chi connectivity index (χ0v) is 17.1. The van der Waals surface area contributed by atoms with Crippen molar-refractivity contribution in [3.8, 4) is 0 Å². The summed E-state index contributed by atoms with van der Waals surface area (Å²) >= 11 is 3.43. The van der Waals surface area contributed by atoms with Crippen molar-refractivity contribution < 1.29 is 14.4 Å². The van der Waals surface area contributed by atoms with Gasteiger partial charge >= 0.3 is 0 Å². The Morgan fingerprint density at radius 2 is 1.76 bits per heavy atom. The van der Waals surface area contributed by atoms with Gasteiger partial charge in [-0.15, -0.1) is 0 Å². The third-order valence-corrected chi connectivity index (χ3v) is 5.35. The number of aromatic nitrogens is 2. The van der Waals surface area contributed by atoms with Gasteiger partial charge in [0.1, 0.15) is 0 Å². The minimum Gasteiger partial charge on any atom is -0.346 e. The molecule has 0 saturated carbocycles. The Balaban J connectivity index is 1.53. The summed E-state index contributed by atoms with van der Waals surface area (Å²) < 4.78 is 2.59. The molecule has 1 aliphatic heterocycles. The molecule has 4 rings (SSSR count). The number of carbonyl (C=O) groups is 3. The molecule has 146 valence electrons. The van der Waals surface area contributed by atoms with Crippen LogP contribution in [0.3, 0.4) is 0 Å². The molecule has 0 bridgehead atoms. The molecule has 2 heterocycles. The number of hydrogen-bond donors (Lipinski definition) is 1. The summed E-state index contributed by atoms with van der Waals surface area (Å²) in [5.74, 6) is -1.10. The number of fused-ring (bicyclic) bond motifs is 1. The quantitative estimate of drug-likeness (QED) is 0.601. The fourth-order valence-corrected chi connectivity index (χ4v) is 3.65. The second-order valence-electron chi connectivity index (χ2n) is 6.50. The van der Waals surface area contributed by atoms with E-state index in [2.05, 4.69) is 26.3 Å². The summed E-state index contributed by atoms with van der Waals surface area (Å²) in [6, 6.07) is 13.1. The number of benzene rings is 2. The minimum atomic E-state index is -0.391. The molecule has 0 spiro atoms. The number of hydrogen-bond acceptors (Lipinski definition) is 4. The summed E-state index contributed by atoms with van der Waals surface area (Å²) in [6.07, 6.45) is 1.85. The molecule has 0 aliphatic carbocycles. The fourth-order valence-electron chi connectivity index (χ4n) is 3.19. The van der Waals surface area contributed by atoms with Gasteiger partial charge in [0, 0.05) is 18.3 Å². The first kappa shape index (κ1) is 19.1. The van der Waals surface area contributed by atoms with Gasteiger partial charge in [0.2, 0.25) is 0 Å². The van der Waals surface area contributed by atoms with Gasteiger partial charge in [0.25, 0.3) is 17.7 Å². The number of carbonyl (C=O) groups excluding carboxylic acids is 3. The number of amides is 3. The van der Waals surface area contributed by atoms with Crippen LogP contribution in [0.15, 0.2) is 59.2 Å². The highest BCUT2D eigenvalue weighted by molar-refractivity contribution is 9.10. The predicted octanol–water partition coefficient (Wildman–Crippen LogP) is 3.40. The van der Waals surface area contributed by atoms with E-state index in [1.54, 1.807) is 47.1 Å². The third-order valence-electron chi connectivity index (χ3n) is 4.69. The first-order chi connectivity index (χ1) is 14.0. The van der Waals surface area contributed by atoms with Crippen LogP contribution >= 0.6 is 15.9 Å². The van der Waals surface area contributed by atoms with Crippen molar-refractivity contribution in [3.63, 3.8) is 0 Å². The standard InChI is InChI=1S/C21H17BrN4O3/c1-2-25-12-17(22)18(24-25)11-23-19(27)13-6-5-7-14(10-13)26-20(28)15-8-3-4-9-16(15)21(26)29/h3-10,12H,2,11H2,1H3,(H,23,27). The number of anilines is 1. The molecule has 0 saturated heterocycles. The van der Waals surface area contributed by atoms with E-state index in [-0.39, 0.29) is 12.5 Å². The third kappa shape index (κ3) is 3.47. The van der Waals surface area contributed by atoms with Gasteiger partial charge in [-0.3, -0.25) is 19.1 Å². The van der Waals surface area contributed by atoms with Gasteiger partial charge in [-0.25, -0.2) is 4.90 Å². The minimum absolute atomic E-state index is 0.254. The second kappa shape index (κ2) is 7.63. The first-order valence-corrected chi connectivity index (χ1v) is 9.86. The number of nitrogens with one attached hydrogen (secondary N) is 1. The molecule has 29 heavy (non-hydrogen) atoms. The van der Waals surface area contributed by atoms with Crippen LogP contribution < -0.4 is 10.2 Å². The summed E-state index contributed by atoms with van der Waals surface area (Å²) in [6.45, 7) is 2.96. The summed E-state index contributed by atoms with van der Waals surface area (Å²) in [4.78, 5) is 39.0. The van der Waals surface area contributed by atoms with E-state index in [9.17, 15) is 14.4 Å². The monoisotopic (exact) mass is 452 g/mol. The van der Waals surface area contributed by atoms with Gasteiger partial charge in [0.05, 0.1) is 33.5 Å². The molecule has 8 heteroatoms. The van der Waals surface area contributed by atoms with Crippen LogP contribution in [-0.2, 0) is 13.1 Å². The smallest absolute Gasteiger partial charge is 0.266 e. The van der Waals surface area contributed by atoms with Gasteiger partial charge in [0.15, 0.2) is 0 Å². The van der Waals surface area contributed by atoms with E-state index in [4.69, 9.17) is 0 Å². The molecule has 0 atom stereocenters. The lowest BCUT2D eigenvalue weighted by Gasteiger charge is -2.15. The molecule has 0 unspecified atom stereocenters. The Kier molecular flexibility index (Phi) is 5.02. The molecule has 3 amide bonds. The lowest BCUT2D eigenvalue weighted by Crippen LogP contribution is -2.30. The van der Waals surface area contributed by atoms with E-state index >= 15 is 0 Å². The number of rotatable bonds is 5. The van der Waals surface area contributed by atoms with Crippen molar-refractivity contribution in [2.24, 2.45) is 0 Å². The molecular weight excluding hydrogens is 436 g/mol. The largest absolute Gasteiger partial charge is 0.346 e. The lowest BCUT2D eigenvalue weighted by atomic mass is 10.1. The maximum Gasteiger partial charge on any atom is 0.266 e. The highest BCUT2D eigenvalue weighted by Crippen LogP contribution is 2.28. The lowest BCUT2D eigenvalue weighted by molar-refractivity contribution is 0.0919. The van der Waals surface area contributed by atoms with Crippen molar-refractivity contribution in [1.29, 1.82) is 0 Å². The van der Waals surface area contributed by atoms with Crippen molar-refractivity contribution in [1.82, 2.24) is 15.1 Å². The average molecular weight is 453 g/mol. The Hall–Kier alpha value is -3.26. The van der Waals surface area contributed by atoms with E-state index in [0.717, 1.165) is 21.6 Å². The predicted molar refractivity (Wildman–Crippen MR) is 111 cm³/mol. The van der Waals surface area contributed by atoms with Gasteiger partial charge in [-0.2, -0.15) is 5.10 Å². The summed E-state index contributed by atoms with van der Waals surface area (Å²) in [5.41, 5.74) is 2.16. The van der Waals surface area contributed by atoms with Crippen molar-refractivity contribution in [3.05, 3.63) is 81.6 Å². The van der Waals surface area contributed by atoms with E-state index < -0.39 is 11.8 Å². The van der Waals surface area contributed by atoms with Crippen molar-refractivity contribution in [2.75, 3.05) is 4.90 Å². The molecule has 3 aromatic rings. The average Bonchev–Trinajstić information content (AvgIpc) is 3.23.